The van der Waals surface area contributed by atoms with Gasteiger partial charge in [-0.3, -0.25) is 20.4 Å². The highest BCUT2D eigenvalue weighted by atomic mass is 16.5. The van der Waals surface area contributed by atoms with Crippen molar-refractivity contribution < 1.29 is 19.1 Å². The Labute approximate surface area is 173 Å². The van der Waals surface area contributed by atoms with Gasteiger partial charge in [-0.05, 0) is 32.0 Å². The van der Waals surface area contributed by atoms with E-state index in [0.29, 0.717) is 17.2 Å². The molecule has 0 bridgehead atoms. The van der Waals surface area contributed by atoms with Gasteiger partial charge in [0.1, 0.15) is 28.6 Å². The minimum Gasteiger partial charge on any atom is -0.456 e. The van der Waals surface area contributed by atoms with Crippen LogP contribution in [0, 0.1) is 0 Å². The van der Waals surface area contributed by atoms with Crippen LogP contribution in [0.1, 0.15) is 13.8 Å². The second-order valence-corrected chi connectivity index (χ2v) is 6.91. The van der Waals surface area contributed by atoms with Gasteiger partial charge in [0.25, 0.3) is 5.91 Å². The molecule has 156 valence electrons. The number of aryl methyl sites for hydroxylation is 1. The van der Waals surface area contributed by atoms with Crippen LogP contribution in [0.25, 0.3) is 11.4 Å². The zero-order chi connectivity index (χ0) is 21.7. The number of hydrogen-bond donors (Lipinski definition) is 2. The van der Waals surface area contributed by atoms with Crippen LogP contribution in [0.2, 0.25) is 0 Å². The van der Waals surface area contributed by atoms with E-state index in [1.165, 1.54) is 13.3 Å². The van der Waals surface area contributed by atoms with E-state index in [0.717, 1.165) is 5.69 Å². The summed E-state index contributed by atoms with van der Waals surface area (Å²) in [4.78, 5) is 36.6. The molecule has 3 rings (SSSR count). The van der Waals surface area contributed by atoms with E-state index in [9.17, 15) is 9.59 Å². The van der Waals surface area contributed by atoms with Gasteiger partial charge in [-0.25, -0.2) is 14.8 Å². The van der Waals surface area contributed by atoms with Gasteiger partial charge in [0.2, 0.25) is 0 Å². The maximum atomic E-state index is 12.0. The van der Waals surface area contributed by atoms with E-state index in [1.54, 1.807) is 50.6 Å². The lowest BCUT2D eigenvalue weighted by molar-refractivity contribution is -0.138. The quantitative estimate of drug-likeness (QED) is 0.641. The molecule has 10 heteroatoms. The van der Waals surface area contributed by atoms with Crippen molar-refractivity contribution in [2.75, 3.05) is 12.4 Å². The van der Waals surface area contributed by atoms with Gasteiger partial charge in [-0.2, -0.15) is 0 Å². The maximum absolute atomic E-state index is 12.0. The molecule has 0 fully saturated rings. The summed E-state index contributed by atoms with van der Waals surface area (Å²) in [6, 6.07) is 5.98. The summed E-state index contributed by atoms with van der Waals surface area (Å²) in [7, 11) is 3.27. The first-order valence-corrected chi connectivity index (χ1v) is 9.03. The molecule has 3 heterocycles. The molecular formula is C20H22N6O4. The molecule has 0 aromatic carbocycles. The molecule has 10 nitrogen and oxygen atoms in total. The minimum atomic E-state index is -1.12. The van der Waals surface area contributed by atoms with Crippen molar-refractivity contribution in [1.82, 2.24) is 24.8 Å². The van der Waals surface area contributed by atoms with Gasteiger partial charge in [-0.1, -0.05) is 0 Å². The summed E-state index contributed by atoms with van der Waals surface area (Å²) in [6.45, 7) is 3.11. The fourth-order valence-corrected chi connectivity index (χ4v) is 2.30. The molecule has 2 N–H and O–H groups in total. The number of aromatic nitrogens is 4. The number of nitrogens with one attached hydrogen (secondary N) is 2. The average molecular weight is 410 g/mol. The lowest BCUT2D eigenvalue weighted by atomic mass is 10.1. The molecule has 0 atom stereocenters. The third kappa shape index (κ3) is 5.17. The number of imidazole rings is 1. The smallest absolute Gasteiger partial charge is 0.327 e. The summed E-state index contributed by atoms with van der Waals surface area (Å²) in [5, 5.41) is 4.68. The second kappa shape index (κ2) is 8.70. The van der Waals surface area contributed by atoms with Crippen LogP contribution in [0.15, 0.2) is 49.2 Å². The van der Waals surface area contributed by atoms with Crippen molar-refractivity contribution in [2.45, 2.75) is 19.4 Å². The molecule has 0 aliphatic heterocycles. The van der Waals surface area contributed by atoms with Crippen LogP contribution >= 0.6 is 0 Å². The number of carbonyl (C=O) groups excluding carboxylic acids is 2. The van der Waals surface area contributed by atoms with Crippen molar-refractivity contribution in [3.63, 3.8) is 0 Å². The van der Waals surface area contributed by atoms with E-state index in [2.05, 4.69) is 25.6 Å². The molecule has 0 unspecified atom stereocenters. The normalized spacial score (nSPS) is 11.1. The number of carbonyl (C=O) groups is 2. The van der Waals surface area contributed by atoms with Gasteiger partial charge in [0.05, 0.1) is 18.2 Å². The van der Waals surface area contributed by atoms with E-state index < -0.39 is 17.5 Å². The highest BCUT2D eigenvalue weighted by molar-refractivity contribution is 6.03. The number of amides is 3. The largest absolute Gasteiger partial charge is 0.456 e. The summed E-state index contributed by atoms with van der Waals surface area (Å²) >= 11 is 0. The predicted molar refractivity (Wildman–Crippen MR) is 109 cm³/mol. The third-order valence-electron chi connectivity index (χ3n) is 4.20. The molecule has 0 aliphatic rings. The third-order valence-corrected chi connectivity index (χ3v) is 4.20. The zero-order valence-corrected chi connectivity index (χ0v) is 17.0. The topological polar surface area (TPSA) is 120 Å². The summed E-state index contributed by atoms with van der Waals surface area (Å²) in [5.41, 5.74) is 0.290. The van der Waals surface area contributed by atoms with Crippen LogP contribution in [-0.2, 0) is 16.6 Å². The molecule has 0 aliphatic carbocycles. The summed E-state index contributed by atoms with van der Waals surface area (Å²) in [6.07, 6.45) is 6.64. The van der Waals surface area contributed by atoms with Crippen LogP contribution in [0.4, 0.5) is 10.6 Å². The lowest BCUT2D eigenvalue weighted by Crippen LogP contribution is -2.47. The number of ether oxygens (including phenoxy) is 2. The van der Waals surface area contributed by atoms with Crippen LogP contribution in [0.5, 0.6) is 11.5 Å². The first kappa shape index (κ1) is 20.9. The van der Waals surface area contributed by atoms with Gasteiger partial charge in [0.15, 0.2) is 0 Å². The number of anilines is 1. The number of imide groups is 1. The van der Waals surface area contributed by atoms with Crippen LogP contribution in [-0.4, -0.2) is 44.2 Å². The highest BCUT2D eigenvalue weighted by Crippen LogP contribution is 2.25. The number of nitrogens with zero attached hydrogens (tertiary/aromatic N) is 4. The monoisotopic (exact) mass is 410 g/mol. The van der Waals surface area contributed by atoms with Gasteiger partial charge < -0.3 is 14.0 Å². The van der Waals surface area contributed by atoms with Crippen molar-refractivity contribution in [3.05, 3.63) is 49.2 Å². The van der Waals surface area contributed by atoms with Gasteiger partial charge in [-0.15, -0.1) is 0 Å². The zero-order valence-electron chi connectivity index (χ0n) is 17.0. The van der Waals surface area contributed by atoms with Crippen molar-refractivity contribution in [2.24, 2.45) is 7.05 Å². The average Bonchev–Trinajstić information content (AvgIpc) is 3.16. The first-order chi connectivity index (χ1) is 14.3. The maximum Gasteiger partial charge on any atom is 0.327 e. The number of hydrogen-bond acceptors (Lipinski definition) is 7. The molecule has 0 saturated heterocycles. The van der Waals surface area contributed by atoms with Crippen LogP contribution < -0.4 is 15.4 Å². The Morgan fingerprint density at radius 3 is 2.50 bits per heavy atom. The lowest BCUT2D eigenvalue weighted by Gasteiger charge is -2.20. The second-order valence-electron chi connectivity index (χ2n) is 6.91. The highest BCUT2D eigenvalue weighted by Gasteiger charge is 2.28. The standard InChI is InChI=1S/C20H22N6O4/c1-20(2,29-4)18(27)25-19(28)24-17-6-5-14(10-22-17)30-13-7-8-21-15(9-13)16-11-26(3)12-23-16/h5-12H,1-4H3,(H2,22,24,25,27,28). The first-order valence-electron chi connectivity index (χ1n) is 9.03. The molecular weight excluding hydrogens is 388 g/mol. The Morgan fingerprint density at radius 2 is 1.87 bits per heavy atom. The molecule has 0 saturated carbocycles. The van der Waals surface area contributed by atoms with Crippen molar-refractivity contribution in [1.29, 1.82) is 0 Å². The summed E-state index contributed by atoms with van der Waals surface area (Å²) < 4.78 is 12.7. The SMILES string of the molecule is COC(C)(C)C(=O)NC(=O)Nc1ccc(Oc2ccnc(-c3cn(C)cn3)c2)cn1. The number of urea groups is 1. The number of pyridine rings is 2. The van der Waals surface area contributed by atoms with Gasteiger partial charge >= 0.3 is 6.03 Å². The molecule has 3 aromatic heterocycles. The predicted octanol–water partition coefficient (Wildman–Crippen LogP) is 2.74. The Bertz CT molecular complexity index is 1050. The molecule has 0 radical (unpaired) electrons. The van der Waals surface area contributed by atoms with E-state index >= 15 is 0 Å². The Morgan fingerprint density at radius 1 is 1.07 bits per heavy atom. The molecule has 0 spiro atoms. The summed E-state index contributed by atoms with van der Waals surface area (Å²) in [5.74, 6) is 0.727. The Kier molecular flexibility index (Phi) is 6.07. The molecule has 30 heavy (non-hydrogen) atoms. The van der Waals surface area contributed by atoms with E-state index in [-0.39, 0.29) is 5.82 Å². The van der Waals surface area contributed by atoms with Gasteiger partial charge in [0, 0.05) is 32.6 Å². The Hall–Kier alpha value is -3.79. The minimum absolute atomic E-state index is 0.256. The molecule has 3 aromatic rings. The van der Waals surface area contributed by atoms with Crippen molar-refractivity contribution >= 4 is 17.8 Å². The Balaban J connectivity index is 1.61. The fourth-order valence-electron chi connectivity index (χ4n) is 2.30. The van der Waals surface area contributed by atoms with Crippen LogP contribution in [0.3, 0.4) is 0 Å². The fraction of sp³-hybridized carbons (Fsp3) is 0.250. The number of rotatable bonds is 6. The molecule has 3 amide bonds. The van der Waals surface area contributed by atoms with Crippen molar-refractivity contribution in [3.8, 4) is 22.9 Å². The van der Waals surface area contributed by atoms with E-state index in [4.69, 9.17) is 9.47 Å². The number of methoxy groups -OCH3 is 1. The van der Waals surface area contributed by atoms with E-state index in [1.807, 2.05) is 17.8 Å².